The third-order valence-corrected chi connectivity index (χ3v) is 8.35. The first-order valence-electron chi connectivity index (χ1n) is 10.7. The first kappa shape index (κ1) is 20.6. The van der Waals surface area contributed by atoms with Crippen molar-refractivity contribution >= 4 is 37.3 Å². The van der Waals surface area contributed by atoms with Crippen molar-refractivity contribution in [3.8, 4) is 11.5 Å². The number of benzene rings is 3. The van der Waals surface area contributed by atoms with Crippen molar-refractivity contribution in [1.82, 2.24) is 0 Å². The molecule has 3 atom stereocenters. The van der Waals surface area contributed by atoms with E-state index in [0.717, 1.165) is 39.2 Å². The average molecular weight is 525 g/mol. The number of fused-ring (bicyclic) bond motifs is 4. The molecule has 0 fully saturated rings. The molecule has 0 aromatic heterocycles. The summed E-state index contributed by atoms with van der Waals surface area (Å²) in [6.07, 6.45) is 5.30. The van der Waals surface area contributed by atoms with Gasteiger partial charge in [-0.2, -0.15) is 0 Å². The summed E-state index contributed by atoms with van der Waals surface area (Å²) in [5.74, 6) is 1.96. The number of hydrogen-bond donors (Lipinski definition) is 2. The fourth-order valence-corrected chi connectivity index (χ4v) is 6.43. The van der Waals surface area contributed by atoms with Gasteiger partial charge in [-0.05, 0) is 72.0 Å². The molecule has 0 bridgehead atoms. The molecule has 0 radical (unpaired) electrons. The predicted molar refractivity (Wildman–Crippen MR) is 130 cm³/mol. The van der Waals surface area contributed by atoms with Gasteiger partial charge in [0.2, 0.25) is 6.79 Å². The van der Waals surface area contributed by atoms with E-state index in [2.05, 4.69) is 44.2 Å². The summed E-state index contributed by atoms with van der Waals surface area (Å²) in [6.45, 7) is 0.249. The van der Waals surface area contributed by atoms with E-state index in [9.17, 15) is 8.42 Å². The summed E-state index contributed by atoms with van der Waals surface area (Å²) >= 11 is 3.38. The van der Waals surface area contributed by atoms with Gasteiger partial charge in [0.15, 0.2) is 11.5 Å². The van der Waals surface area contributed by atoms with E-state index in [1.807, 2.05) is 24.3 Å². The van der Waals surface area contributed by atoms with E-state index < -0.39 is 10.0 Å². The standard InChI is InChI=1S/C25H21BrN2O4S/c26-16-3-1-4-17(12-16)28-33(29,30)18-8-9-22-21(13-18)19-5-2-6-20(19)25(27-22)15-7-10-23-24(11-15)32-14-31-23/h1-5,7-13,19-20,25,27-28H,6,14H2/t19-,20+,25+/m0/s1. The van der Waals surface area contributed by atoms with Crippen molar-refractivity contribution in [2.75, 3.05) is 16.8 Å². The van der Waals surface area contributed by atoms with Gasteiger partial charge >= 0.3 is 0 Å². The Morgan fingerprint density at radius 3 is 2.76 bits per heavy atom. The number of allylic oxidation sites excluding steroid dienone is 2. The van der Waals surface area contributed by atoms with Crippen molar-refractivity contribution in [1.29, 1.82) is 0 Å². The first-order valence-corrected chi connectivity index (χ1v) is 13.0. The van der Waals surface area contributed by atoms with Gasteiger partial charge in [0, 0.05) is 21.8 Å². The first-order chi connectivity index (χ1) is 16.0. The quantitative estimate of drug-likeness (QED) is 0.421. The van der Waals surface area contributed by atoms with Crippen LogP contribution in [0.5, 0.6) is 11.5 Å². The van der Waals surface area contributed by atoms with Crippen LogP contribution >= 0.6 is 15.9 Å². The fourth-order valence-electron chi connectivity index (χ4n) is 4.94. The molecule has 3 aliphatic rings. The molecule has 0 saturated carbocycles. The van der Waals surface area contributed by atoms with Crippen LogP contribution in [0.2, 0.25) is 0 Å². The molecule has 1 aliphatic carbocycles. The zero-order valence-corrected chi connectivity index (χ0v) is 19.9. The van der Waals surface area contributed by atoms with Crippen molar-refractivity contribution in [2.24, 2.45) is 5.92 Å². The topological polar surface area (TPSA) is 76.7 Å². The maximum atomic E-state index is 13.1. The maximum Gasteiger partial charge on any atom is 0.261 e. The van der Waals surface area contributed by atoms with Gasteiger partial charge in [0.25, 0.3) is 10.0 Å². The van der Waals surface area contributed by atoms with E-state index in [0.29, 0.717) is 5.69 Å². The Labute approximate surface area is 200 Å². The van der Waals surface area contributed by atoms with E-state index >= 15 is 0 Å². The molecule has 2 aliphatic heterocycles. The Hall–Kier alpha value is -2.97. The van der Waals surface area contributed by atoms with Gasteiger partial charge in [-0.15, -0.1) is 0 Å². The van der Waals surface area contributed by atoms with Gasteiger partial charge in [-0.25, -0.2) is 8.42 Å². The van der Waals surface area contributed by atoms with Crippen molar-refractivity contribution in [3.63, 3.8) is 0 Å². The third kappa shape index (κ3) is 3.67. The van der Waals surface area contributed by atoms with Crippen LogP contribution < -0.4 is 19.5 Å². The van der Waals surface area contributed by atoms with Crippen LogP contribution in [-0.4, -0.2) is 15.2 Å². The molecule has 2 heterocycles. The molecular formula is C25H21BrN2O4S. The van der Waals surface area contributed by atoms with Gasteiger partial charge in [0.05, 0.1) is 10.9 Å². The van der Waals surface area contributed by atoms with Crippen molar-refractivity contribution in [3.05, 3.63) is 88.4 Å². The van der Waals surface area contributed by atoms with E-state index in [1.165, 1.54) is 0 Å². The van der Waals surface area contributed by atoms with Gasteiger partial charge in [-0.1, -0.05) is 40.2 Å². The molecule has 6 rings (SSSR count). The van der Waals surface area contributed by atoms with Gasteiger partial charge in [0.1, 0.15) is 0 Å². The van der Waals surface area contributed by atoms with Crippen LogP contribution in [0.4, 0.5) is 11.4 Å². The number of nitrogens with one attached hydrogen (secondary N) is 2. The number of anilines is 2. The smallest absolute Gasteiger partial charge is 0.261 e. The summed E-state index contributed by atoms with van der Waals surface area (Å²) in [5, 5.41) is 3.65. The molecule has 0 spiro atoms. The van der Waals surface area contributed by atoms with Crippen LogP contribution in [0.25, 0.3) is 0 Å². The lowest BCUT2D eigenvalue weighted by molar-refractivity contribution is 0.174. The number of halogens is 1. The number of rotatable bonds is 4. The molecule has 0 saturated heterocycles. The zero-order chi connectivity index (χ0) is 22.6. The molecule has 0 unspecified atom stereocenters. The number of hydrogen-bond acceptors (Lipinski definition) is 5. The second-order valence-corrected chi connectivity index (χ2v) is 11.1. The minimum Gasteiger partial charge on any atom is -0.454 e. The lowest BCUT2D eigenvalue weighted by atomic mass is 9.77. The van der Waals surface area contributed by atoms with E-state index in [1.54, 1.807) is 30.3 Å². The Bertz CT molecular complexity index is 1390. The minimum absolute atomic E-state index is 0.0919. The van der Waals surface area contributed by atoms with Crippen LogP contribution in [0.3, 0.4) is 0 Å². The fraction of sp³-hybridized carbons (Fsp3) is 0.200. The summed E-state index contributed by atoms with van der Waals surface area (Å²) < 4.78 is 40.7. The van der Waals surface area contributed by atoms with Gasteiger partial charge in [-0.3, -0.25) is 4.72 Å². The van der Waals surface area contributed by atoms with Gasteiger partial charge < -0.3 is 14.8 Å². The highest BCUT2D eigenvalue weighted by atomic mass is 79.9. The molecule has 3 aromatic carbocycles. The molecule has 3 aromatic rings. The predicted octanol–water partition coefficient (Wildman–Crippen LogP) is 5.81. The summed E-state index contributed by atoms with van der Waals surface area (Å²) in [5.41, 5.74) is 3.60. The monoisotopic (exact) mass is 524 g/mol. The lowest BCUT2D eigenvalue weighted by Crippen LogP contribution is -2.29. The SMILES string of the molecule is O=S(=O)(Nc1cccc(Br)c1)c1ccc2c(c1)[C@H]1C=CC[C@H]1[C@@H](c1ccc3c(c1)OCO3)N2. The highest BCUT2D eigenvalue weighted by Crippen LogP contribution is 2.51. The lowest BCUT2D eigenvalue weighted by Gasteiger charge is -2.37. The van der Waals surface area contributed by atoms with Crippen LogP contribution in [0.1, 0.15) is 29.5 Å². The zero-order valence-electron chi connectivity index (χ0n) is 17.5. The normalized spacial score (nSPS) is 22.4. The molecule has 2 N–H and O–H groups in total. The van der Waals surface area contributed by atoms with E-state index in [-0.39, 0.29) is 29.6 Å². The number of sulfonamides is 1. The van der Waals surface area contributed by atoms with Crippen molar-refractivity contribution < 1.29 is 17.9 Å². The molecule has 33 heavy (non-hydrogen) atoms. The second kappa shape index (κ2) is 7.81. The van der Waals surface area contributed by atoms with Crippen LogP contribution in [-0.2, 0) is 10.0 Å². The molecule has 0 amide bonds. The largest absolute Gasteiger partial charge is 0.454 e. The Morgan fingerprint density at radius 1 is 1.00 bits per heavy atom. The highest BCUT2D eigenvalue weighted by Gasteiger charge is 2.39. The average Bonchev–Trinajstić information content (AvgIpc) is 3.47. The Morgan fingerprint density at radius 2 is 1.88 bits per heavy atom. The molecule has 168 valence electrons. The summed E-state index contributed by atoms with van der Waals surface area (Å²) in [4.78, 5) is 0.253. The van der Waals surface area contributed by atoms with Crippen molar-refractivity contribution in [2.45, 2.75) is 23.3 Å². The van der Waals surface area contributed by atoms with Crippen LogP contribution in [0.15, 0.2) is 82.2 Å². The third-order valence-electron chi connectivity index (χ3n) is 6.48. The maximum absolute atomic E-state index is 13.1. The second-order valence-electron chi connectivity index (χ2n) is 8.45. The molecule has 6 nitrogen and oxygen atoms in total. The summed E-state index contributed by atoms with van der Waals surface area (Å²) in [6, 6.07) is 18.6. The minimum atomic E-state index is -3.72. The van der Waals surface area contributed by atoms with E-state index in [4.69, 9.17) is 9.47 Å². The number of ether oxygens (including phenoxy) is 2. The molecular weight excluding hydrogens is 504 g/mol. The van der Waals surface area contributed by atoms with Crippen LogP contribution in [0, 0.1) is 5.92 Å². The Balaban J connectivity index is 1.34. The molecule has 8 heteroatoms. The summed E-state index contributed by atoms with van der Waals surface area (Å²) in [7, 11) is -3.72. The highest BCUT2D eigenvalue weighted by molar-refractivity contribution is 9.10. The Kier molecular flexibility index (Phi) is 4.88.